The van der Waals surface area contributed by atoms with Crippen molar-refractivity contribution in [1.29, 1.82) is 0 Å². The van der Waals surface area contributed by atoms with E-state index in [1.54, 1.807) is 42.6 Å². The molecule has 0 aliphatic rings. The first kappa shape index (κ1) is 31.3. The monoisotopic (exact) mass is 580 g/mol. The standard InChI is InChI=1S/C15H15NO5.C14H13NO6/c1-9(13(17)18)6-15(21,14(19)20)7-10-8-16-12-5-3-2-4-11(10)12;16-11(12(17)18)6-14(21,13(19)20)5-8-7-15-10-4-2-1-3-9(8)10/h2-5,8,16,21H,1,6-7H2,(H,17,18)(H,19,20);1-4,7,15,21H,5-6H2,(H,17,18)(H,19,20). The Balaban J connectivity index is 0.000000230. The Morgan fingerprint density at radius 3 is 1.43 bits per heavy atom. The number of aliphatic hydroxyl groups is 2. The Kier molecular flexibility index (Phi) is 9.30. The molecule has 13 heteroatoms. The molecular formula is C29H28N2O11. The zero-order valence-corrected chi connectivity index (χ0v) is 22.0. The number of ketones is 1. The van der Waals surface area contributed by atoms with E-state index in [4.69, 9.17) is 15.3 Å². The van der Waals surface area contributed by atoms with Gasteiger partial charge in [0.1, 0.15) is 0 Å². The Morgan fingerprint density at radius 1 is 0.643 bits per heavy atom. The molecule has 0 aliphatic carbocycles. The van der Waals surface area contributed by atoms with Gasteiger partial charge in [-0.2, -0.15) is 0 Å². The number of carbonyl (C=O) groups is 5. The van der Waals surface area contributed by atoms with Gasteiger partial charge < -0.3 is 40.6 Å². The molecule has 2 atom stereocenters. The molecule has 0 fully saturated rings. The van der Waals surface area contributed by atoms with Crippen LogP contribution in [-0.2, 0) is 36.8 Å². The predicted molar refractivity (Wildman–Crippen MR) is 148 cm³/mol. The molecule has 13 nitrogen and oxygen atoms in total. The number of benzene rings is 2. The van der Waals surface area contributed by atoms with Crippen LogP contribution in [0.25, 0.3) is 21.8 Å². The molecule has 0 saturated heterocycles. The van der Waals surface area contributed by atoms with E-state index < -0.39 is 53.7 Å². The van der Waals surface area contributed by atoms with E-state index >= 15 is 0 Å². The van der Waals surface area contributed by atoms with Gasteiger partial charge in [-0.25, -0.2) is 19.2 Å². The van der Waals surface area contributed by atoms with Gasteiger partial charge in [0.15, 0.2) is 11.2 Å². The fraction of sp³-hybridized carbons (Fsp3) is 0.207. The lowest BCUT2D eigenvalue weighted by Crippen LogP contribution is -2.44. The summed E-state index contributed by atoms with van der Waals surface area (Å²) in [5.41, 5.74) is -2.34. The highest BCUT2D eigenvalue weighted by Gasteiger charge is 2.41. The van der Waals surface area contributed by atoms with Crippen molar-refractivity contribution in [3.63, 3.8) is 0 Å². The van der Waals surface area contributed by atoms with Gasteiger partial charge >= 0.3 is 23.9 Å². The van der Waals surface area contributed by atoms with Crippen LogP contribution in [0.3, 0.4) is 0 Å². The van der Waals surface area contributed by atoms with Crippen molar-refractivity contribution >= 4 is 51.5 Å². The summed E-state index contributed by atoms with van der Waals surface area (Å²) in [6.07, 6.45) is 1.03. The van der Waals surface area contributed by atoms with Gasteiger partial charge in [0, 0.05) is 59.0 Å². The number of H-pyrrole nitrogens is 2. The fourth-order valence-electron chi connectivity index (χ4n) is 4.38. The molecule has 2 heterocycles. The summed E-state index contributed by atoms with van der Waals surface area (Å²) in [5.74, 6) is -7.56. The van der Waals surface area contributed by atoms with Gasteiger partial charge in [0.25, 0.3) is 0 Å². The van der Waals surface area contributed by atoms with Crippen molar-refractivity contribution in [2.75, 3.05) is 0 Å². The molecular weight excluding hydrogens is 552 g/mol. The SMILES string of the molecule is C=C(CC(O)(Cc1c[nH]c2ccccc12)C(=O)O)C(=O)O.O=C(O)C(=O)CC(O)(Cc1c[nH]c2ccccc12)C(=O)O. The molecule has 8 N–H and O–H groups in total. The van der Waals surface area contributed by atoms with Crippen molar-refractivity contribution in [3.8, 4) is 0 Å². The zero-order chi connectivity index (χ0) is 31.2. The van der Waals surface area contributed by atoms with Crippen molar-refractivity contribution in [3.05, 3.63) is 84.2 Å². The number of aliphatic carboxylic acids is 4. The van der Waals surface area contributed by atoms with Crippen LogP contribution in [0.4, 0.5) is 0 Å². The molecule has 4 rings (SSSR count). The van der Waals surface area contributed by atoms with Gasteiger partial charge in [-0.15, -0.1) is 0 Å². The maximum atomic E-state index is 11.3. The van der Waals surface area contributed by atoms with E-state index in [-0.39, 0.29) is 18.4 Å². The molecule has 42 heavy (non-hydrogen) atoms. The Bertz CT molecular complexity index is 1560. The van der Waals surface area contributed by atoms with Crippen LogP contribution in [0.15, 0.2) is 73.1 Å². The predicted octanol–water partition coefficient (Wildman–Crippen LogP) is 2.13. The van der Waals surface area contributed by atoms with Crippen LogP contribution < -0.4 is 0 Å². The Morgan fingerprint density at radius 2 is 1.05 bits per heavy atom. The summed E-state index contributed by atoms with van der Waals surface area (Å²) in [6.45, 7) is 3.28. The first-order chi connectivity index (χ1) is 19.7. The molecule has 220 valence electrons. The molecule has 0 amide bonds. The molecule has 0 spiro atoms. The van der Waals surface area contributed by atoms with Gasteiger partial charge in [-0.05, 0) is 23.3 Å². The highest BCUT2D eigenvalue weighted by atomic mass is 16.4. The summed E-state index contributed by atoms with van der Waals surface area (Å²) in [6, 6.07) is 14.3. The van der Waals surface area contributed by atoms with Crippen LogP contribution in [0.2, 0.25) is 0 Å². The van der Waals surface area contributed by atoms with Gasteiger partial charge in [0.05, 0.1) is 6.42 Å². The number of carboxylic acid groups (broad SMARTS) is 4. The Labute approximate surface area is 237 Å². The normalized spacial score (nSPS) is 13.8. The van der Waals surface area contributed by atoms with Crippen LogP contribution in [0, 0.1) is 0 Å². The quantitative estimate of drug-likeness (QED) is 0.0892. The van der Waals surface area contributed by atoms with Crippen LogP contribution in [0.1, 0.15) is 24.0 Å². The Hall–Kier alpha value is -5.27. The van der Waals surface area contributed by atoms with Crippen molar-refractivity contribution in [2.45, 2.75) is 36.9 Å². The third kappa shape index (κ3) is 7.08. The number of hydrogen-bond donors (Lipinski definition) is 8. The minimum Gasteiger partial charge on any atom is -0.479 e. The van der Waals surface area contributed by atoms with E-state index in [1.165, 1.54) is 6.20 Å². The van der Waals surface area contributed by atoms with Crippen molar-refractivity contribution < 1.29 is 54.6 Å². The summed E-state index contributed by atoms with van der Waals surface area (Å²) in [4.78, 5) is 61.1. The average molecular weight is 581 g/mol. The highest BCUT2D eigenvalue weighted by molar-refractivity contribution is 6.33. The maximum absolute atomic E-state index is 11.3. The summed E-state index contributed by atoms with van der Waals surface area (Å²) >= 11 is 0. The van der Waals surface area contributed by atoms with E-state index in [9.17, 15) is 39.3 Å². The minimum atomic E-state index is -2.46. The molecule has 0 saturated carbocycles. The second kappa shape index (κ2) is 12.5. The summed E-state index contributed by atoms with van der Waals surface area (Å²) in [7, 11) is 0. The van der Waals surface area contributed by atoms with Crippen LogP contribution in [-0.4, -0.2) is 81.5 Å². The van der Waals surface area contributed by atoms with E-state index in [1.807, 2.05) is 12.1 Å². The smallest absolute Gasteiger partial charge is 0.372 e. The number of aromatic nitrogens is 2. The molecule has 0 aliphatic heterocycles. The topological polar surface area (TPSA) is 238 Å². The fourth-order valence-corrected chi connectivity index (χ4v) is 4.38. The van der Waals surface area contributed by atoms with Crippen LogP contribution >= 0.6 is 0 Å². The number of fused-ring (bicyclic) bond motifs is 2. The second-order valence-electron chi connectivity index (χ2n) is 9.74. The molecule has 2 aromatic heterocycles. The highest BCUT2D eigenvalue weighted by Crippen LogP contribution is 2.27. The first-order valence-electron chi connectivity index (χ1n) is 12.4. The molecule has 4 aromatic rings. The van der Waals surface area contributed by atoms with E-state index in [2.05, 4.69) is 16.5 Å². The molecule has 0 radical (unpaired) electrons. The summed E-state index contributed by atoms with van der Waals surface area (Å²) < 4.78 is 0. The van der Waals surface area contributed by atoms with Gasteiger partial charge in [0.2, 0.25) is 5.78 Å². The number of Topliss-reactive ketones (excluding diaryl/α,β-unsaturated/α-hetero) is 1. The second-order valence-corrected chi connectivity index (χ2v) is 9.74. The van der Waals surface area contributed by atoms with Crippen molar-refractivity contribution in [2.24, 2.45) is 0 Å². The summed E-state index contributed by atoms with van der Waals surface area (Å²) in [5, 5.41) is 57.7. The number of carbonyl (C=O) groups excluding carboxylic acids is 1. The molecule has 0 bridgehead atoms. The van der Waals surface area contributed by atoms with Gasteiger partial charge in [-0.3, -0.25) is 4.79 Å². The largest absolute Gasteiger partial charge is 0.479 e. The number of aromatic amines is 2. The number of hydrogen-bond acceptors (Lipinski definition) is 7. The zero-order valence-electron chi connectivity index (χ0n) is 22.0. The lowest BCUT2D eigenvalue weighted by Gasteiger charge is -2.23. The number of para-hydroxylation sites is 2. The first-order valence-corrected chi connectivity index (χ1v) is 12.4. The minimum absolute atomic E-state index is 0.210. The average Bonchev–Trinajstić information content (AvgIpc) is 3.52. The van der Waals surface area contributed by atoms with Crippen LogP contribution in [0.5, 0.6) is 0 Å². The number of rotatable bonds is 12. The van der Waals surface area contributed by atoms with Crippen molar-refractivity contribution in [1.82, 2.24) is 9.97 Å². The lowest BCUT2D eigenvalue weighted by atomic mass is 9.88. The molecule has 2 aromatic carbocycles. The van der Waals surface area contributed by atoms with E-state index in [0.717, 1.165) is 16.4 Å². The third-order valence-corrected chi connectivity index (χ3v) is 6.61. The third-order valence-electron chi connectivity index (χ3n) is 6.61. The molecule has 2 unspecified atom stereocenters. The van der Waals surface area contributed by atoms with E-state index in [0.29, 0.717) is 16.5 Å². The number of carboxylic acids is 4. The number of nitrogens with one attached hydrogen (secondary N) is 2. The lowest BCUT2D eigenvalue weighted by molar-refractivity contribution is -0.163. The maximum Gasteiger partial charge on any atom is 0.372 e. The van der Waals surface area contributed by atoms with Gasteiger partial charge in [-0.1, -0.05) is 43.0 Å².